The van der Waals surface area contributed by atoms with Gasteiger partial charge >= 0.3 is 0 Å². The third-order valence-corrected chi connectivity index (χ3v) is 4.05. The molecule has 0 radical (unpaired) electrons. The Balaban J connectivity index is 2.19. The van der Waals surface area contributed by atoms with Crippen molar-refractivity contribution < 1.29 is 13.7 Å². The van der Waals surface area contributed by atoms with Crippen LogP contribution in [0.15, 0.2) is 24.3 Å². The molecule has 1 unspecified atom stereocenters. The number of hydrogen-bond donors (Lipinski definition) is 0. The Morgan fingerprint density at radius 1 is 1.29 bits per heavy atom. The van der Waals surface area contributed by atoms with E-state index in [4.69, 9.17) is 0 Å². The third-order valence-electron chi connectivity index (χ3n) is 4.05. The highest BCUT2D eigenvalue weighted by Gasteiger charge is 2.47. The summed E-state index contributed by atoms with van der Waals surface area (Å²) in [5.74, 6) is -3.71. The van der Waals surface area contributed by atoms with E-state index in [0.717, 1.165) is 0 Å². The number of nitro groups is 1. The maximum absolute atomic E-state index is 14.4. The van der Waals surface area contributed by atoms with E-state index in [9.17, 15) is 18.9 Å². The molecule has 1 heterocycles. The number of likely N-dealkylation sites (tertiary alicyclic amines) is 1. The van der Waals surface area contributed by atoms with Crippen LogP contribution in [0.2, 0.25) is 0 Å². The van der Waals surface area contributed by atoms with Crippen molar-refractivity contribution in [2.75, 3.05) is 13.1 Å². The molecular weight excluding hydrogens is 278 g/mol. The smallest absolute Gasteiger partial charge is 0.269 e. The zero-order valence-corrected chi connectivity index (χ0v) is 12.5. The Labute approximate surface area is 122 Å². The number of piperidine rings is 1. The third kappa shape index (κ3) is 3.37. The van der Waals surface area contributed by atoms with Crippen LogP contribution < -0.4 is 0 Å². The SMILES string of the molecule is CC(C)(C)N1CCC(c2ccc([N+](=O)[O-])cc2)C(F)(F)C1. The fourth-order valence-electron chi connectivity index (χ4n) is 2.75. The molecule has 1 saturated heterocycles. The van der Waals surface area contributed by atoms with E-state index in [1.807, 2.05) is 20.8 Å². The van der Waals surface area contributed by atoms with E-state index < -0.39 is 16.8 Å². The summed E-state index contributed by atoms with van der Waals surface area (Å²) in [6, 6.07) is 5.48. The second kappa shape index (κ2) is 5.33. The fraction of sp³-hybridized carbons (Fsp3) is 0.600. The molecule has 1 aromatic carbocycles. The van der Waals surface area contributed by atoms with Gasteiger partial charge in [0.2, 0.25) is 0 Å². The van der Waals surface area contributed by atoms with Gasteiger partial charge in [-0.05, 0) is 39.3 Å². The number of alkyl halides is 2. The molecule has 0 amide bonds. The number of benzene rings is 1. The van der Waals surface area contributed by atoms with Crippen LogP contribution in [0.3, 0.4) is 0 Å². The average molecular weight is 298 g/mol. The second-order valence-electron chi connectivity index (χ2n) is 6.54. The number of halogens is 2. The minimum Gasteiger partial charge on any atom is -0.293 e. The molecule has 0 aliphatic carbocycles. The van der Waals surface area contributed by atoms with Gasteiger partial charge < -0.3 is 0 Å². The van der Waals surface area contributed by atoms with Gasteiger partial charge in [0, 0.05) is 17.7 Å². The number of nitrogens with zero attached hydrogens (tertiary/aromatic N) is 2. The molecule has 1 fully saturated rings. The van der Waals surface area contributed by atoms with Crippen molar-refractivity contribution in [2.45, 2.75) is 44.6 Å². The first-order chi connectivity index (χ1) is 9.61. The molecule has 0 bridgehead atoms. The summed E-state index contributed by atoms with van der Waals surface area (Å²) in [6.07, 6.45) is 0.349. The maximum Gasteiger partial charge on any atom is 0.269 e. The Morgan fingerprint density at radius 3 is 2.29 bits per heavy atom. The van der Waals surface area contributed by atoms with Crippen LogP contribution in [0.5, 0.6) is 0 Å². The molecule has 0 spiro atoms. The Bertz CT molecular complexity index is 523. The number of nitro benzene ring substituents is 1. The van der Waals surface area contributed by atoms with Crippen molar-refractivity contribution in [2.24, 2.45) is 0 Å². The molecule has 0 N–H and O–H groups in total. The van der Waals surface area contributed by atoms with Gasteiger partial charge in [-0.15, -0.1) is 0 Å². The monoisotopic (exact) mass is 298 g/mol. The zero-order chi connectivity index (χ0) is 15.8. The van der Waals surface area contributed by atoms with E-state index >= 15 is 0 Å². The normalized spacial score (nSPS) is 23.0. The lowest BCUT2D eigenvalue weighted by Gasteiger charge is -2.44. The summed E-state index contributed by atoms with van der Waals surface area (Å²) in [4.78, 5) is 11.9. The van der Waals surface area contributed by atoms with Gasteiger partial charge in [0.25, 0.3) is 11.6 Å². The van der Waals surface area contributed by atoms with E-state index in [1.54, 1.807) is 4.90 Å². The summed E-state index contributed by atoms with van der Waals surface area (Å²) in [5, 5.41) is 10.6. The van der Waals surface area contributed by atoms with Crippen LogP contribution in [0.4, 0.5) is 14.5 Å². The van der Waals surface area contributed by atoms with Gasteiger partial charge in [0.05, 0.1) is 17.4 Å². The minimum atomic E-state index is -2.83. The van der Waals surface area contributed by atoms with Gasteiger partial charge in [0.15, 0.2) is 0 Å². The summed E-state index contributed by atoms with van der Waals surface area (Å²) >= 11 is 0. The van der Waals surface area contributed by atoms with E-state index in [1.165, 1.54) is 24.3 Å². The first kappa shape index (κ1) is 15.8. The van der Waals surface area contributed by atoms with Crippen LogP contribution in [-0.2, 0) is 0 Å². The van der Waals surface area contributed by atoms with Crippen molar-refractivity contribution >= 4 is 5.69 Å². The molecule has 116 valence electrons. The van der Waals surface area contributed by atoms with Gasteiger partial charge in [-0.2, -0.15) is 0 Å². The van der Waals surface area contributed by atoms with Crippen molar-refractivity contribution in [1.82, 2.24) is 4.90 Å². The van der Waals surface area contributed by atoms with Crippen LogP contribution in [0.1, 0.15) is 38.7 Å². The van der Waals surface area contributed by atoms with Gasteiger partial charge in [-0.25, -0.2) is 8.78 Å². The summed E-state index contributed by atoms with van der Waals surface area (Å²) < 4.78 is 28.8. The number of hydrogen-bond acceptors (Lipinski definition) is 3. The minimum absolute atomic E-state index is 0.0748. The van der Waals surface area contributed by atoms with Crippen molar-refractivity contribution in [3.63, 3.8) is 0 Å². The number of non-ortho nitro benzene ring substituents is 1. The van der Waals surface area contributed by atoms with Crippen molar-refractivity contribution in [3.05, 3.63) is 39.9 Å². The van der Waals surface area contributed by atoms with E-state index in [2.05, 4.69) is 0 Å². The predicted octanol–water partition coefficient (Wildman–Crippen LogP) is 3.82. The maximum atomic E-state index is 14.4. The lowest BCUT2D eigenvalue weighted by Crippen LogP contribution is -2.54. The molecule has 2 rings (SSSR count). The lowest BCUT2D eigenvalue weighted by molar-refractivity contribution is -0.384. The van der Waals surface area contributed by atoms with Gasteiger partial charge in [-0.1, -0.05) is 12.1 Å². The number of rotatable bonds is 2. The molecule has 1 aromatic rings. The Hall–Kier alpha value is -1.56. The van der Waals surface area contributed by atoms with Crippen molar-refractivity contribution in [3.8, 4) is 0 Å². The largest absolute Gasteiger partial charge is 0.293 e. The van der Waals surface area contributed by atoms with Crippen molar-refractivity contribution in [1.29, 1.82) is 0 Å². The second-order valence-corrected chi connectivity index (χ2v) is 6.54. The van der Waals surface area contributed by atoms with Gasteiger partial charge in [-0.3, -0.25) is 15.0 Å². The van der Waals surface area contributed by atoms with Crippen LogP contribution in [0, 0.1) is 10.1 Å². The predicted molar refractivity (Wildman–Crippen MR) is 76.7 cm³/mol. The Morgan fingerprint density at radius 2 is 1.86 bits per heavy atom. The summed E-state index contributed by atoms with van der Waals surface area (Å²) in [6.45, 7) is 6.10. The fourth-order valence-corrected chi connectivity index (χ4v) is 2.75. The van der Waals surface area contributed by atoms with E-state index in [0.29, 0.717) is 18.5 Å². The molecule has 21 heavy (non-hydrogen) atoms. The van der Waals surface area contributed by atoms with Crippen LogP contribution in [-0.4, -0.2) is 34.4 Å². The molecule has 6 heteroatoms. The molecule has 0 saturated carbocycles. The first-order valence-electron chi connectivity index (χ1n) is 6.98. The molecule has 1 aliphatic rings. The zero-order valence-electron chi connectivity index (χ0n) is 12.5. The highest BCUT2D eigenvalue weighted by Crippen LogP contribution is 2.42. The molecular formula is C15H20F2N2O2. The van der Waals surface area contributed by atoms with Gasteiger partial charge in [0.1, 0.15) is 0 Å². The summed E-state index contributed by atoms with van der Waals surface area (Å²) in [5.41, 5.74) is 0.109. The molecule has 1 aliphatic heterocycles. The van der Waals surface area contributed by atoms with Crippen LogP contribution in [0.25, 0.3) is 0 Å². The van der Waals surface area contributed by atoms with E-state index in [-0.39, 0.29) is 17.8 Å². The summed E-state index contributed by atoms with van der Waals surface area (Å²) in [7, 11) is 0. The van der Waals surface area contributed by atoms with Crippen LogP contribution >= 0.6 is 0 Å². The first-order valence-corrected chi connectivity index (χ1v) is 6.98. The molecule has 1 atom stereocenters. The highest BCUT2D eigenvalue weighted by molar-refractivity contribution is 5.35. The topological polar surface area (TPSA) is 46.4 Å². The highest BCUT2D eigenvalue weighted by atomic mass is 19.3. The Kier molecular flexibility index (Phi) is 4.02. The lowest BCUT2D eigenvalue weighted by atomic mass is 9.84. The quantitative estimate of drug-likeness (QED) is 0.616. The molecule has 0 aromatic heterocycles. The average Bonchev–Trinajstić information content (AvgIpc) is 2.36. The molecule has 4 nitrogen and oxygen atoms in total. The standard InChI is InChI=1S/C15H20F2N2O2/c1-14(2,3)18-9-8-13(15(16,17)10-18)11-4-6-12(7-5-11)19(20)21/h4-7,13H,8-10H2,1-3H3.